The zero-order chi connectivity index (χ0) is 41.5. The maximum Gasteiger partial charge on any atom is 0.306 e. The van der Waals surface area contributed by atoms with E-state index in [1.54, 1.807) is 0 Å². The first-order valence-corrected chi connectivity index (χ1v) is 21.8. The maximum atomic E-state index is 12.7. The number of hydrogen-bond acceptors (Lipinski definition) is 6. The van der Waals surface area contributed by atoms with Crippen LogP contribution < -0.4 is 0 Å². The van der Waals surface area contributed by atoms with Crippen LogP contribution in [0.5, 0.6) is 0 Å². The Bertz CT molecular complexity index is 1320. The van der Waals surface area contributed by atoms with E-state index in [-0.39, 0.29) is 37.5 Å². The third-order valence-electron chi connectivity index (χ3n) is 8.35. The van der Waals surface area contributed by atoms with Gasteiger partial charge in [0.2, 0.25) is 0 Å². The molecule has 0 aliphatic carbocycles. The SMILES string of the molecule is CC\C=C/C=C\C=C/C=C\C=C\C=C/CCCCCC(=O)OCC(COC(=O)CCCC/C=C\C/C=C\CC)OC(=O)CCCCCCC\C=C/C=C\C=C/CC. The highest BCUT2D eigenvalue weighted by atomic mass is 16.6. The van der Waals surface area contributed by atoms with Crippen molar-refractivity contribution in [2.24, 2.45) is 0 Å². The van der Waals surface area contributed by atoms with Crippen molar-refractivity contribution >= 4 is 17.9 Å². The van der Waals surface area contributed by atoms with Gasteiger partial charge < -0.3 is 14.2 Å². The van der Waals surface area contributed by atoms with Crippen LogP contribution >= 0.6 is 0 Å². The third kappa shape index (κ3) is 42.5. The molecule has 0 heterocycles. The van der Waals surface area contributed by atoms with Gasteiger partial charge in [0, 0.05) is 19.3 Å². The molecule has 6 heteroatoms. The molecule has 6 nitrogen and oxygen atoms in total. The molecule has 0 aliphatic heterocycles. The van der Waals surface area contributed by atoms with E-state index >= 15 is 0 Å². The molecule has 0 saturated heterocycles. The number of carbonyl (C=O) groups is 3. The van der Waals surface area contributed by atoms with E-state index in [1.807, 2.05) is 66.8 Å². The van der Waals surface area contributed by atoms with Crippen LogP contribution in [0.25, 0.3) is 0 Å². The summed E-state index contributed by atoms with van der Waals surface area (Å²) < 4.78 is 16.6. The van der Waals surface area contributed by atoms with Crippen LogP contribution in [0.3, 0.4) is 0 Å². The zero-order valence-electron chi connectivity index (χ0n) is 35.8. The molecule has 0 spiro atoms. The lowest BCUT2D eigenvalue weighted by Gasteiger charge is -2.18. The monoisotopic (exact) mass is 785 g/mol. The van der Waals surface area contributed by atoms with Crippen LogP contribution in [0.15, 0.2) is 134 Å². The van der Waals surface area contributed by atoms with Crippen LogP contribution in [0.4, 0.5) is 0 Å². The summed E-state index contributed by atoms with van der Waals surface area (Å²) in [7, 11) is 0. The number of ether oxygens (including phenoxy) is 3. The number of allylic oxidation sites excluding steroid dienone is 22. The van der Waals surface area contributed by atoms with Crippen molar-refractivity contribution < 1.29 is 28.6 Å². The lowest BCUT2D eigenvalue weighted by Crippen LogP contribution is -2.30. The summed E-state index contributed by atoms with van der Waals surface area (Å²) in [6.07, 6.45) is 61.6. The number of rotatable bonds is 36. The largest absolute Gasteiger partial charge is 0.462 e. The second-order valence-corrected chi connectivity index (χ2v) is 13.7. The van der Waals surface area contributed by atoms with Crippen LogP contribution in [0.1, 0.15) is 149 Å². The van der Waals surface area contributed by atoms with Gasteiger partial charge in [-0.25, -0.2) is 0 Å². The van der Waals surface area contributed by atoms with Crippen molar-refractivity contribution in [2.75, 3.05) is 13.2 Å². The second-order valence-electron chi connectivity index (χ2n) is 13.7. The molecule has 316 valence electrons. The van der Waals surface area contributed by atoms with E-state index < -0.39 is 6.10 Å². The fraction of sp³-hybridized carbons (Fsp3) is 0.510. The number of hydrogen-bond donors (Lipinski definition) is 0. The molecule has 0 amide bonds. The van der Waals surface area contributed by atoms with Crippen molar-refractivity contribution in [2.45, 2.75) is 155 Å². The third-order valence-corrected chi connectivity index (χ3v) is 8.35. The molecule has 0 aromatic carbocycles. The molecule has 0 bridgehead atoms. The van der Waals surface area contributed by atoms with Gasteiger partial charge in [0.05, 0.1) is 0 Å². The van der Waals surface area contributed by atoms with E-state index in [0.29, 0.717) is 19.3 Å². The van der Waals surface area contributed by atoms with Crippen LogP contribution in [0, 0.1) is 0 Å². The van der Waals surface area contributed by atoms with Gasteiger partial charge >= 0.3 is 17.9 Å². The summed E-state index contributed by atoms with van der Waals surface area (Å²) in [4.78, 5) is 37.6. The highest BCUT2D eigenvalue weighted by Gasteiger charge is 2.19. The minimum absolute atomic E-state index is 0.124. The minimum Gasteiger partial charge on any atom is -0.462 e. The molecule has 0 rings (SSSR count). The molecular weight excluding hydrogens is 709 g/mol. The van der Waals surface area contributed by atoms with Gasteiger partial charge in [-0.15, -0.1) is 0 Å². The van der Waals surface area contributed by atoms with Crippen molar-refractivity contribution in [3.63, 3.8) is 0 Å². The summed E-state index contributed by atoms with van der Waals surface area (Å²) in [6, 6.07) is 0. The number of carbonyl (C=O) groups excluding carboxylic acids is 3. The number of unbranched alkanes of at least 4 members (excludes halogenated alkanes) is 10. The average Bonchev–Trinajstić information content (AvgIpc) is 3.21. The van der Waals surface area contributed by atoms with Gasteiger partial charge in [-0.1, -0.05) is 180 Å². The molecule has 0 aromatic heterocycles. The molecule has 0 radical (unpaired) electrons. The van der Waals surface area contributed by atoms with Crippen molar-refractivity contribution in [3.8, 4) is 0 Å². The summed E-state index contributed by atoms with van der Waals surface area (Å²) in [5.41, 5.74) is 0. The Labute approximate surface area is 347 Å². The van der Waals surface area contributed by atoms with E-state index in [4.69, 9.17) is 14.2 Å². The molecule has 0 saturated carbocycles. The molecule has 1 unspecified atom stereocenters. The van der Waals surface area contributed by atoms with E-state index in [2.05, 4.69) is 87.6 Å². The maximum absolute atomic E-state index is 12.7. The minimum atomic E-state index is -0.823. The van der Waals surface area contributed by atoms with Gasteiger partial charge in [0.15, 0.2) is 6.10 Å². The molecular formula is C51H76O6. The lowest BCUT2D eigenvalue weighted by molar-refractivity contribution is -0.167. The molecule has 0 aliphatic rings. The number of esters is 3. The zero-order valence-corrected chi connectivity index (χ0v) is 35.8. The average molecular weight is 785 g/mol. The van der Waals surface area contributed by atoms with E-state index in [1.165, 1.54) is 0 Å². The first-order valence-electron chi connectivity index (χ1n) is 21.8. The summed E-state index contributed by atoms with van der Waals surface area (Å²) in [6.45, 7) is 6.10. The Hall–Kier alpha value is -4.45. The topological polar surface area (TPSA) is 78.9 Å². The van der Waals surface area contributed by atoms with Gasteiger partial charge in [-0.3, -0.25) is 14.4 Å². The van der Waals surface area contributed by atoms with Gasteiger partial charge in [-0.05, 0) is 83.5 Å². The summed E-state index contributed by atoms with van der Waals surface area (Å²) in [5, 5.41) is 0. The molecule has 1 atom stereocenters. The normalized spacial score (nSPS) is 13.4. The first kappa shape index (κ1) is 52.6. The van der Waals surface area contributed by atoms with Gasteiger partial charge in [-0.2, -0.15) is 0 Å². The predicted octanol–water partition coefficient (Wildman–Crippen LogP) is 14.0. The van der Waals surface area contributed by atoms with Crippen molar-refractivity contribution in [3.05, 3.63) is 134 Å². The highest BCUT2D eigenvalue weighted by molar-refractivity contribution is 5.71. The van der Waals surface area contributed by atoms with E-state index in [9.17, 15) is 14.4 Å². The van der Waals surface area contributed by atoms with Crippen molar-refractivity contribution in [1.29, 1.82) is 0 Å². The Balaban J connectivity index is 4.56. The van der Waals surface area contributed by atoms with Crippen molar-refractivity contribution in [1.82, 2.24) is 0 Å². The first-order chi connectivity index (χ1) is 28.0. The van der Waals surface area contributed by atoms with E-state index in [0.717, 1.165) is 103 Å². The summed E-state index contributed by atoms with van der Waals surface area (Å²) >= 11 is 0. The Morgan fingerprint density at radius 1 is 0.368 bits per heavy atom. The molecule has 0 fully saturated rings. The summed E-state index contributed by atoms with van der Waals surface area (Å²) in [5.74, 6) is -1.04. The fourth-order valence-electron chi connectivity index (χ4n) is 5.15. The molecule has 0 N–H and O–H groups in total. The van der Waals surface area contributed by atoms with Gasteiger partial charge in [0.1, 0.15) is 13.2 Å². The van der Waals surface area contributed by atoms with Gasteiger partial charge in [0.25, 0.3) is 0 Å². The fourth-order valence-corrected chi connectivity index (χ4v) is 5.15. The highest BCUT2D eigenvalue weighted by Crippen LogP contribution is 2.11. The second kappa shape index (κ2) is 44.3. The Kier molecular flexibility index (Phi) is 40.8. The van der Waals surface area contributed by atoms with Crippen LogP contribution in [0.2, 0.25) is 0 Å². The standard InChI is InChI=1S/C51H76O6/c1-4-7-10-13-16-19-21-23-24-25-26-28-29-32-35-38-41-44-50(53)56-47-48(46-55-49(52)43-40-37-34-31-18-15-12-9-6-3)57-51(54)45-42-39-36-33-30-27-22-20-17-14-11-8-5-2/h7-14,16-26,28-29,31,48H,4-6,15,27,30,32-47H2,1-3H3/b10-7-,11-8-,12-9-,16-13-,17-14-,21-19-,22-20-,24-23-,26-25+,29-28-,31-18-. The quantitative estimate of drug-likeness (QED) is 0.0207. The molecule has 0 aromatic rings. The Morgan fingerprint density at radius 3 is 1.23 bits per heavy atom. The lowest BCUT2D eigenvalue weighted by atomic mass is 10.1. The van der Waals surface area contributed by atoms with Crippen LogP contribution in [-0.2, 0) is 28.6 Å². The van der Waals surface area contributed by atoms with Crippen LogP contribution in [-0.4, -0.2) is 37.2 Å². The predicted molar refractivity (Wildman–Crippen MR) is 242 cm³/mol. The smallest absolute Gasteiger partial charge is 0.306 e. The molecule has 57 heavy (non-hydrogen) atoms. The Morgan fingerprint density at radius 2 is 0.719 bits per heavy atom.